The molecule has 0 amide bonds. The minimum atomic E-state index is -2.91. The van der Waals surface area contributed by atoms with Crippen molar-refractivity contribution in [3.63, 3.8) is 0 Å². The van der Waals surface area contributed by atoms with Crippen LogP contribution in [0.3, 0.4) is 0 Å². The first-order chi connectivity index (χ1) is 13.0. The Morgan fingerprint density at radius 2 is 2.11 bits per heavy atom. The van der Waals surface area contributed by atoms with E-state index in [4.69, 9.17) is 5.73 Å². The molecule has 1 aliphatic heterocycles. The molecule has 1 saturated heterocycles. The van der Waals surface area contributed by atoms with E-state index in [0.717, 1.165) is 18.2 Å². The van der Waals surface area contributed by atoms with Gasteiger partial charge in [0.1, 0.15) is 5.75 Å². The zero-order valence-electron chi connectivity index (χ0n) is 14.5. The van der Waals surface area contributed by atoms with Gasteiger partial charge in [-0.05, 0) is 17.7 Å². The van der Waals surface area contributed by atoms with E-state index in [2.05, 4.69) is 19.6 Å². The Balaban J connectivity index is 1.53. The van der Waals surface area contributed by atoms with Crippen LogP contribution in [-0.2, 0) is 0 Å². The molecule has 1 fully saturated rings. The van der Waals surface area contributed by atoms with Crippen LogP contribution < -0.4 is 15.4 Å². The first kappa shape index (κ1) is 19.3. The lowest BCUT2D eigenvalue weighted by Gasteiger charge is -2.35. The van der Waals surface area contributed by atoms with E-state index in [9.17, 15) is 13.9 Å². The fourth-order valence-electron chi connectivity index (χ4n) is 2.78. The van der Waals surface area contributed by atoms with Crippen LogP contribution in [0.15, 0.2) is 40.8 Å². The number of benzene rings is 1. The van der Waals surface area contributed by atoms with Gasteiger partial charge >= 0.3 is 6.61 Å². The molecule has 1 unspecified atom stereocenters. The van der Waals surface area contributed by atoms with Gasteiger partial charge in [0, 0.05) is 37.8 Å². The van der Waals surface area contributed by atoms with E-state index < -0.39 is 12.7 Å². The van der Waals surface area contributed by atoms with Crippen molar-refractivity contribution in [2.45, 2.75) is 12.7 Å². The molecule has 1 aromatic heterocycles. The minimum Gasteiger partial charge on any atom is -0.435 e. The number of aliphatic hydroxyl groups excluding tert-OH is 1. The lowest BCUT2D eigenvalue weighted by molar-refractivity contribution is -0.0499. The van der Waals surface area contributed by atoms with E-state index in [1.54, 1.807) is 29.7 Å². The Morgan fingerprint density at radius 1 is 1.33 bits per heavy atom. The summed E-state index contributed by atoms with van der Waals surface area (Å²) in [5.41, 5.74) is 6.49. The molecule has 3 rings (SSSR count). The van der Waals surface area contributed by atoms with Crippen molar-refractivity contribution in [2.24, 2.45) is 10.7 Å². The van der Waals surface area contributed by atoms with Gasteiger partial charge in [0.05, 0.1) is 12.6 Å². The maximum absolute atomic E-state index is 12.3. The monoisotopic (exact) mass is 397 g/mol. The van der Waals surface area contributed by atoms with Crippen molar-refractivity contribution in [3.8, 4) is 5.75 Å². The normalized spacial score (nSPS) is 16.7. The van der Waals surface area contributed by atoms with Gasteiger partial charge in [-0.1, -0.05) is 12.1 Å². The fourth-order valence-corrected chi connectivity index (χ4v) is 3.48. The number of nitrogens with two attached hydrogens (primary N) is 1. The van der Waals surface area contributed by atoms with Gasteiger partial charge in [-0.3, -0.25) is 4.99 Å². The van der Waals surface area contributed by atoms with Crippen LogP contribution in [0.25, 0.3) is 0 Å². The number of thiazole rings is 1. The maximum atomic E-state index is 12.3. The molecule has 10 heteroatoms. The highest BCUT2D eigenvalue weighted by Gasteiger charge is 2.20. The molecule has 7 nitrogen and oxygen atoms in total. The minimum absolute atomic E-state index is 0.00295. The predicted octanol–water partition coefficient (Wildman–Crippen LogP) is 1.91. The van der Waals surface area contributed by atoms with Crippen LogP contribution in [0.5, 0.6) is 5.75 Å². The molecular formula is C17H21F2N5O2S. The van der Waals surface area contributed by atoms with Crippen LogP contribution in [0, 0.1) is 0 Å². The number of rotatable bonds is 6. The standard InChI is InChI=1S/C17H21F2N5O2S/c18-15(19)26-13-3-1-2-12(10-13)14(25)11-22-16(20)23-5-7-24(8-6-23)17-21-4-9-27-17/h1-4,9-10,14-15,25H,5-8,11H2,(H2,20,22). The summed E-state index contributed by atoms with van der Waals surface area (Å²) >= 11 is 1.60. The van der Waals surface area contributed by atoms with E-state index in [0.29, 0.717) is 24.6 Å². The molecular weight excluding hydrogens is 376 g/mol. The third-order valence-corrected chi connectivity index (χ3v) is 5.02. The topological polar surface area (TPSA) is 87.2 Å². The number of alkyl halides is 2. The molecule has 0 spiro atoms. The number of aromatic nitrogens is 1. The third-order valence-electron chi connectivity index (χ3n) is 4.19. The SMILES string of the molecule is NC(=NCC(O)c1cccc(OC(F)F)c1)N1CCN(c2nccs2)CC1. The summed E-state index contributed by atoms with van der Waals surface area (Å²) < 4.78 is 28.9. The first-order valence-electron chi connectivity index (χ1n) is 8.45. The summed E-state index contributed by atoms with van der Waals surface area (Å²) in [6.45, 7) is 0.134. The van der Waals surface area contributed by atoms with Crippen LogP contribution in [0.1, 0.15) is 11.7 Å². The number of ether oxygens (including phenoxy) is 1. The van der Waals surface area contributed by atoms with Gasteiger partial charge in [0.25, 0.3) is 0 Å². The molecule has 0 bridgehead atoms. The molecule has 27 heavy (non-hydrogen) atoms. The predicted molar refractivity (Wildman–Crippen MR) is 100 cm³/mol. The van der Waals surface area contributed by atoms with Gasteiger partial charge in [-0.15, -0.1) is 11.3 Å². The van der Waals surface area contributed by atoms with Crippen LogP contribution in [0.4, 0.5) is 13.9 Å². The molecule has 2 heterocycles. The number of aliphatic hydroxyl groups is 1. The molecule has 1 atom stereocenters. The number of hydrogen-bond acceptors (Lipinski definition) is 6. The number of halogens is 2. The zero-order chi connectivity index (χ0) is 19.2. The van der Waals surface area contributed by atoms with Crippen molar-refractivity contribution in [2.75, 3.05) is 37.6 Å². The van der Waals surface area contributed by atoms with Crippen LogP contribution >= 0.6 is 11.3 Å². The smallest absolute Gasteiger partial charge is 0.387 e. The number of anilines is 1. The largest absolute Gasteiger partial charge is 0.435 e. The van der Waals surface area contributed by atoms with E-state index in [1.807, 2.05) is 10.3 Å². The Morgan fingerprint density at radius 3 is 2.78 bits per heavy atom. The summed E-state index contributed by atoms with van der Waals surface area (Å²) in [6.07, 6.45) is 0.826. The second-order valence-corrected chi connectivity index (χ2v) is 6.83. The number of piperazine rings is 1. The number of hydrogen-bond donors (Lipinski definition) is 2. The van der Waals surface area contributed by atoms with E-state index in [-0.39, 0.29) is 12.3 Å². The summed E-state index contributed by atoms with van der Waals surface area (Å²) in [6, 6.07) is 5.94. The maximum Gasteiger partial charge on any atom is 0.387 e. The summed E-state index contributed by atoms with van der Waals surface area (Å²) in [4.78, 5) is 12.7. The van der Waals surface area contributed by atoms with Crippen LogP contribution in [-0.4, -0.2) is 60.3 Å². The Hall–Kier alpha value is -2.46. The zero-order valence-corrected chi connectivity index (χ0v) is 15.4. The van der Waals surface area contributed by atoms with Gasteiger partial charge < -0.3 is 25.4 Å². The average molecular weight is 397 g/mol. The fraction of sp³-hybridized carbons (Fsp3) is 0.412. The quantitative estimate of drug-likeness (QED) is 0.572. The molecule has 1 aliphatic rings. The summed E-state index contributed by atoms with van der Waals surface area (Å²) in [5, 5.41) is 13.2. The van der Waals surface area contributed by atoms with E-state index >= 15 is 0 Å². The van der Waals surface area contributed by atoms with Crippen molar-refractivity contribution in [1.29, 1.82) is 0 Å². The lowest BCUT2D eigenvalue weighted by Crippen LogP contribution is -2.51. The number of nitrogens with zero attached hydrogens (tertiary/aromatic N) is 4. The molecule has 0 saturated carbocycles. The summed E-state index contributed by atoms with van der Waals surface area (Å²) in [7, 11) is 0. The van der Waals surface area contributed by atoms with Crippen molar-refractivity contribution >= 4 is 22.4 Å². The van der Waals surface area contributed by atoms with Crippen molar-refractivity contribution < 1.29 is 18.6 Å². The molecule has 146 valence electrons. The molecule has 3 N–H and O–H groups in total. The number of aliphatic imine (C=N–C) groups is 1. The summed E-state index contributed by atoms with van der Waals surface area (Å²) in [5.74, 6) is 0.352. The van der Waals surface area contributed by atoms with Gasteiger partial charge in [0.15, 0.2) is 11.1 Å². The Bertz CT molecular complexity index is 752. The average Bonchev–Trinajstić information content (AvgIpc) is 3.20. The van der Waals surface area contributed by atoms with Crippen molar-refractivity contribution in [1.82, 2.24) is 9.88 Å². The van der Waals surface area contributed by atoms with Crippen molar-refractivity contribution in [3.05, 3.63) is 41.4 Å². The highest BCUT2D eigenvalue weighted by molar-refractivity contribution is 7.13. The highest BCUT2D eigenvalue weighted by atomic mass is 32.1. The van der Waals surface area contributed by atoms with Gasteiger partial charge in [-0.25, -0.2) is 4.98 Å². The molecule has 0 radical (unpaired) electrons. The Kier molecular flexibility index (Phi) is 6.40. The lowest BCUT2D eigenvalue weighted by atomic mass is 10.1. The van der Waals surface area contributed by atoms with Gasteiger partial charge in [-0.2, -0.15) is 8.78 Å². The Labute approximate surface area is 159 Å². The number of guanidine groups is 1. The molecule has 0 aliphatic carbocycles. The third kappa shape index (κ3) is 5.27. The molecule has 2 aromatic rings. The second kappa shape index (κ2) is 8.96. The van der Waals surface area contributed by atoms with Crippen LogP contribution in [0.2, 0.25) is 0 Å². The molecule has 1 aromatic carbocycles. The van der Waals surface area contributed by atoms with Gasteiger partial charge in [0.2, 0.25) is 0 Å². The van der Waals surface area contributed by atoms with E-state index in [1.165, 1.54) is 12.1 Å². The second-order valence-electron chi connectivity index (χ2n) is 5.95. The highest BCUT2D eigenvalue weighted by Crippen LogP contribution is 2.21. The first-order valence-corrected chi connectivity index (χ1v) is 9.33.